The normalized spacial score (nSPS) is 13.6. The van der Waals surface area contributed by atoms with Gasteiger partial charge in [-0.25, -0.2) is 9.97 Å². The van der Waals surface area contributed by atoms with E-state index in [1.165, 1.54) is 5.56 Å². The number of halogens is 1. The SMILES string of the molecule is COc1ccc(-c2cccc(CN3CCc4nc(-c5ccc(Cl)cc5)ncc4C3)n2)cc1. The summed E-state index contributed by atoms with van der Waals surface area (Å²) < 4.78 is 5.25. The van der Waals surface area contributed by atoms with Gasteiger partial charge < -0.3 is 4.74 Å². The first-order valence-corrected chi connectivity index (χ1v) is 11.0. The average molecular weight is 443 g/mol. The first kappa shape index (κ1) is 20.6. The van der Waals surface area contributed by atoms with Gasteiger partial charge in [-0.1, -0.05) is 17.7 Å². The number of pyridine rings is 1. The molecule has 0 amide bonds. The van der Waals surface area contributed by atoms with E-state index >= 15 is 0 Å². The van der Waals surface area contributed by atoms with Crippen LogP contribution in [0.15, 0.2) is 72.9 Å². The molecule has 0 saturated carbocycles. The van der Waals surface area contributed by atoms with Crippen LogP contribution in [0, 0.1) is 0 Å². The maximum atomic E-state index is 6.00. The number of nitrogens with zero attached hydrogens (tertiary/aromatic N) is 4. The standard InChI is InChI=1S/C26H23ClN4O/c1-32-23-11-7-18(8-12-23)24-4-2-3-22(29-24)17-31-14-13-25-20(16-31)15-28-26(30-25)19-5-9-21(27)10-6-19/h2-12,15H,13-14,16-17H2,1H3. The Hall–Kier alpha value is -3.28. The summed E-state index contributed by atoms with van der Waals surface area (Å²) in [5.41, 5.74) is 6.40. The summed E-state index contributed by atoms with van der Waals surface area (Å²) in [6.45, 7) is 2.56. The summed E-state index contributed by atoms with van der Waals surface area (Å²) in [5, 5.41) is 0.715. The maximum absolute atomic E-state index is 6.00. The third-order valence-corrected chi connectivity index (χ3v) is 5.95. The highest BCUT2D eigenvalue weighted by Crippen LogP contribution is 2.24. The quantitative estimate of drug-likeness (QED) is 0.412. The zero-order valence-electron chi connectivity index (χ0n) is 17.8. The van der Waals surface area contributed by atoms with Crippen LogP contribution in [0.2, 0.25) is 5.02 Å². The van der Waals surface area contributed by atoms with Crippen molar-refractivity contribution in [2.45, 2.75) is 19.5 Å². The van der Waals surface area contributed by atoms with Crippen molar-refractivity contribution in [2.24, 2.45) is 0 Å². The van der Waals surface area contributed by atoms with Crippen LogP contribution in [0.3, 0.4) is 0 Å². The van der Waals surface area contributed by atoms with Gasteiger partial charge in [-0.2, -0.15) is 0 Å². The van der Waals surface area contributed by atoms with E-state index < -0.39 is 0 Å². The van der Waals surface area contributed by atoms with E-state index in [0.717, 1.165) is 65.8 Å². The number of rotatable bonds is 5. The molecule has 32 heavy (non-hydrogen) atoms. The van der Waals surface area contributed by atoms with Gasteiger partial charge in [0.25, 0.3) is 0 Å². The Morgan fingerprint density at radius 1 is 0.938 bits per heavy atom. The van der Waals surface area contributed by atoms with E-state index in [-0.39, 0.29) is 0 Å². The van der Waals surface area contributed by atoms with Crippen LogP contribution >= 0.6 is 11.6 Å². The third kappa shape index (κ3) is 4.49. The molecule has 0 aliphatic carbocycles. The van der Waals surface area contributed by atoms with Crippen LogP contribution in [0.4, 0.5) is 0 Å². The van der Waals surface area contributed by atoms with Crippen molar-refractivity contribution in [3.8, 4) is 28.4 Å². The van der Waals surface area contributed by atoms with Gasteiger partial charge in [0.1, 0.15) is 5.75 Å². The molecule has 3 heterocycles. The lowest BCUT2D eigenvalue weighted by Gasteiger charge is -2.27. The van der Waals surface area contributed by atoms with Crippen molar-refractivity contribution in [3.63, 3.8) is 0 Å². The van der Waals surface area contributed by atoms with Crippen molar-refractivity contribution < 1.29 is 4.74 Å². The summed E-state index contributed by atoms with van der Waals surface area (Å²) in [6, 6.07) is 21.9. The average Bonchev–Trinajstić information content (AvgIpc) is 2.84. The molecule has 0 fully saturated rings. The molecular formula is C26H23ClN4O. The van der Waals surface area contributed by atoms with E-state index in [1.807, 2.05) is 60.8 Å². The fraction of sp³-hybridized carbons (Fsp3) is 0.192. The van der Waals surface area contributed by atoms with E-state index in [0.29, 0.717) is 5.02 Å². The topological polar surface area (TPSA) is 51.1 Å². The molecule has 5 nitrogen and oxygen atoms in total. The summed E-state index contributed by atoms with van der Waals surface area (Å²) in [7, 11) is 1.67. The lowest BCUT2D eigenvalue weighted by atomic mass is 10.1. The zero-order valence-corrected chi connectivity index (χ0v) is 18.6. The third-order valence-electron chi connectivity index (χ3n) is 5.69. The minimum atomic E-state index is 0.715. The molecule has 2 aromatic carbocycles. The Morgan fingerprint density at radius 2 is 1.72 bits per heavy atom. The van der Waals surface area contributed by atoms with Crippen molar-refractivity contribution in [1.29, 1.82) is 0 Å². The highest BCUT2D eigenvalue weighted by molar-refractivity contribution is 6.30. The highest BCUT2D eigenvalue weighted by Gasteiger charge is 2.19. The second-order valence-electron chi connectivity index (χ2n) is 7.88. The summed E-state index contributed by atoms with van der Waals surface area (Å²) in [5.74, 6) is 1.60. The smallest absolute Gasteiger partial charge is 0.159 e. The molecule has 0 unspecified atom stereocenters. The predicted octanol–water partition coefficient (Wildman–Crippen LogP) is 5.43. The van der Waals surface area contributed by atoms with E-state index in [2.05, 4.69) is 22.0 Å². The van der Waals surface area contributed by atoms with Gasteiger partial charge in [-0.05, 0) is 60.7 Å². The first-order valence-electron chi connectivity index (χ1n) is 10.6. The van der Waals surface area contributed by atoms with Gasteiger partial charge in [0.05, 0.1) is 24.2 Å². The fourth-order valence-electron chi connectivity index (χ4n) is 3.97. The number of methoxy groups -OCH3 is 1. The van der Waals surface area contributed by atoms with Gasteiger partial charge in [0.15, 0.2) is 5.82 Å². The van der Waals surface area contributed by atoms with Crippen LogP contribution in [0.1, 0.15) is 17.0 Å². The molecule has 160 valence electrons. The molecule has 2 aromatic heterocycles. The fourth-order valence-corrected chi connectivity index (χ4v) is 4.09. The molecule has 5 rings (SSSR count). The number of hydrogen-bond acceptors (Lipinski definition) is 5. The van der Waals surface area contributed by atoms with Crippen molar-refractivity contribution in [2.75, 3.05) is 13.7 Å². The van der Waals surface area contributed by atoms with Gasteiger partial charge in [0.2, 0.25) is 0 Å². The number of benzene rings is 2. The molecule has 0 N–H and O–H groups in total. The maximum Gasteiger partial charge on any atom is 0.159 e. The molecule has 4 aromatic rings. The Bertz CT molecular complexity index is 1230. The molecule has 1 aliphatic heterocycles. The minimum absolute atomic E-state index is 0.715. The lowest BCUT2D eigenvalue weighted by Crippen LogP contribution is -2.31. The summed E-state index contributed by atoms with van der Waals surface area (Å²) in [6.07, 6.45) is 2.86. The Labute approximate surface area is 192 Å². The number of fused-ring (bicyclic) bond motifs is 1. The monoisotopic (exact) mass is 442 g/mol. The lowest BCUT2D eigenvalue weighted by molar-refractivity contribution is 0.240. The van der Waals surface area contributed by atoms with Gasteiger partial charge >= 0.3 is 0 Å². The van der Waals surface area contributed by atoms with Crippen LogP contribution in [0.25, 0.3) is 22.6 Å². The minimum Gasteiger partial charge on any atom is -0.497 e. The molecular weight excluding hydrogens is 420 g/mol. The van der Waals surface area contributed by atoms with Crippen LogP contribution in [0.5, 0.6) is 5.75 Å². The first-order chi connectivity index (χ1) is 15.7. The van der Waals surface area contributed by atoms with E-state index in [9.17, 15) is 0 Å². The van der Waals surface area contributed by atoms with Crippen LogP contribution in [-0.2, 0) is 19.5 Å². The number of ether oxygens (including phenoxy) is 1. The van der Waals surface area contributed by atoms with Crippen molar-refractivity contribution in [3.05, 3.63) is 94.9 Å². The molecule has 0 spiro atoms. The molecule has 1 aliphatic rings. The summed E-state index contributed by atoms with van der Waals surface area (Å²) in [4.78, 5) is 16.7. The van der Waals surface area contributed by atoms with Gasteiger partial charge in [-0.15, -0.1) is 0 Å². The zero-order chi connectivity index (χ0) is 21.9. The summed E-state index contributed by atoms with van der Waals surface area (Å²) >= 11 is 6.00. The predicted molar refractivity (Wildman–Crippen MR) is 127 cm³/mol. The van der Waals surface area contributed by atoms with Crippen molar-refractivity contribution in [1.82, 2.24) is 19.9 Å². The molecule has 0 atom stereocenters. The number of hydrogen-bond donors (Lipinski definition) is 0. The number of aromatic nitrogens is 3. The Kier molecular flexibility index (Phi) is 5.84. The second kappa shape index (κ2) is 9.07. The second-order valence-corrected chi connectivity index (χ2v) is 8.31. The largest absolute Gasteiger partial charge is 0.497 e. The molecule has 0 radical (unpaired) electrons. The van der Waals surface area contributed by atoms with Crippen molar-refractivity contribution >= 4 is 11.6 Å². The van der Waals surface area contributed by atoms with Crippen LogP contribution < -0.4 is 4.74 Å². The van der Waals surface area contributed by atoms with E-state index in [4.69, 9.17) is 26.3 Å². The molecule has 6 heteroatoms. The molecule has 0 saturated heterocycles. The Balaban J connectivity index is 1.29. The van der Waals surface area contributed by atoms with Gasteiger partial charge in [0, 0.05) is 54.0 Å². The molecule has 0 bridgehead atoms. The van der Waals surface area contributed by atoms with Gasteiger partial charge in [-0.3, -0.25) is 9.88 Å². The van der Waals surface area contributed by atoms with Crippen LogP contribution in [-0.4, -0.2) is 33.5 Å². The Morgan fingerprint density at radius 3 is 2.50 bits per heavy atom. The van der Waals surface area contributed by atoms with E-state index in [1.54, 1.807) is 7.11 Å². The highest BCUT2D eigenvalue weighted by atomic mass is 35.5.